The molecule has 0 atom stereocenters. The average Bonchev–Trinajstić information content (AvgIpc) is 3.18. The number of hydrogen-bond donors (Lipinski definition) is 1. The number of benzene rings is 2. The number of para-hydroxylation sites is 1. The highest BCUT2D eigenvalue weighted by atomic mass is 32.1. The van der Waals surface area contributed by atoms with Gasteiger partial charge in [-0.15, -0.1) is 0 Å². The lowest BCUT2D eigenvalue weighted by Gasteiger charge is -2.37. The third-order valence-corrected chi connectivity index (χ3v) is 6.82. The Morgan fingerprint density at radius 3 is 2.61 bits per heavy atom. The summed E-state index contributed by atoms with van der Waals surface area (Å²) in [6.45, 7) is 3.64. The van der Waals surface area contributed by atoms with Crippen LogP contribution in [0.25, 0.3) is 10.2 Å². The first-order valence-electron chi connectivity index (χ1n) is 10.8. The van der Waals surface area contributed by atoms with E-state index in [4.69, 9.17) is 9.84 Å². The van der Waals surface area contributed by atoms with Crippen LogP contribution in [0, 0.1) is 0 Å². The number of fused-ring (bicyclic) bond motifs is 1. The number of ether oxygens (including phenoxy) is 1. The Bertz CT molecular complexity index is 964. The number of piperidine rings is 1. The first-order valence-corrected chi connectivity index (χ1v) is 11.7. The Hall–Kier alpha value is -2.48. The van der Waals surface area contributed by atoms with Crippen LogP contribution in [0.15, 0.2) is 48.5 Å². The Kier molecular flexibility index (Phi) is 7.17. The Labute approximate surface area is 187 Å². The van der Waals surface area contributed by atoms with E-state index in [2.05, 4.69) is 34.0 Å². The van der Waals surface area contributed by atoms with Gasteiger partial charge in [0.15, 0.2) is 0 Å². The number of carbonyl (C=O) groups is 1. The minimum Gasteiger partial charge on any atom is -0.481 e. The van der Waals surface area contributed by atoms with Crippen molar-refractivity contribution >= 4 is 27.5 Å². The molecule has 1 fully saturated rings. The summed E-state index contributed by atoms with van der Waals surface area (Å²) in [6, 6.07) is 16.6. The summed E-state index contributed by atoms with van der Waals surface area (Å²) in [5.41, 5.74) is 2.18. The topological polar surface area (TPSA) is 65.9 Å². The van der Waals surface area contributed by atoms with Crippen LogP contribution in [0.4, 0.5) is 0 Å². The van der Waals surface area contributed by atoms with Gasteiger partial charge in [-0.05, 0) is 69.2 Å². The van der Waals surface area contributed by atoms with Crippen LogP contribution in [-0.4, -0.2) is 65.1 Å². The van der Waals surface area contributed by atoms with E-state index in [1.165, 1.54) is 5.56 Å². The molecule has 1 aliphatic heterocycles. The number of hydrogen-bond acceptors (Lipinski definition) is 6. The van der Waals surface area contributed by atoms with Crippen LogP contribution in [0.2, 0.25) is 0 Å². The molecule has 1 aliphatic rings. The summed E-state index contributed by atoms with van der Waals surface area (Å²) in [6.07, 6.45) is 3.30. The molecule has 3 aromatic rings. The van der Waals surface area contributed by atoms with E-state index in [1.54, 1.807) is 11.3 Å². The minimum absolute atomic E-state index is 0.196. The molecule has 31 heavy (non-hydrogen) atoms. The molecule has 6 nitrogen and oxygen atoms in total. The Morgan fingerprint density at radius 1 is 1.16 bits per heavy atom. The Balaban J connectivity index is 1.34. The first-order chi connectivity index (χ1) is 15.1. The van der Waals surface area contributed by atoms with Gasteiger partial charge in [0.05, 0.1) is 16.6 Å². The first kappa shape index (κ1) is 21.7. The smallest absolute Gasteiger partial charge is 0.304 e. The van der Waals surface area contributed by atoms with Gasteiger partial charge >= 0.3 is 5.97 Å². The van der Waals surface area contributed by atoms with Crippen LogP contribution < -0.4 is 4.74 Å². The molecule has 2 aromatic carbocycles. The molecule has 0 bridgehead atoms. The number of aromatic nitrogens is 1. The number of nitrogens with zero attached hydrogens (tertiary/aromatic N) is 3. The summed E-state index contributed by atoms with van der Waals surface area (Å²) in [5.74, 6) is 0.0510. The van der Waals surface area contributed by atoms with E-state index >= 15 is 0 Å². The summed E-state index contributed by atoms with van der Waals surface area (Å²) in [4.78, 5) is 20.3. The van der Waals surface area contributed by atoms with Crippen molar-refractivity contribution in [1.29, 1.82) is 0 Å². The van der Waals surface area contributed by atoms with Crippen molar-refractivity contribution in [3.8, 4) is 10.9 Å². The van der Waals surface area contributed by atoms with E-state index in [9.17, 15) is 4.79 Å². The predicted octanol–water partition coefficient (Wildman–Crippen LogP) is 4.50. The van der Waals surface area contributed by atoms with E-state index in [0.29, 0.717) is 17.8 Å². The van der Waals surface area contributed by atoms with Crippen molar-refractivity contribution in [2.24, 2.45) is 0 Å². The van der Waals surface area contributed by atoms with Crippen LogP contribution in [0.1, 0.15) is 24.8 Å². The number of likely N-dealkylation sites (tertiary alicyclic amines) is 1. The summed E-state index contributed by atoms with van der Waals surface area (Å²) >= 11 is 1.54. The standard InChI is InChI=1S/C24H29N3O3S/c1-26-14-11-19(12-15-26)27(17-13-23(28)29)16-10-18-6-8-20(9-7-18)30-24-25-21-4-2-3-5-22(21)31-24/h2-9,19H,10-17H2,1H3,(H,28,29). The zero-order chi connectivity index (χ0) is 21.6. The van der Waals surface area contributed by atoms with Gasteiger partial charge < -0.3 is 14.7 Å². The lowest BCUT2D eigenvalue weighted by atomic mass is 10.0. The van der Waals surface area contributed by atoms with Crippen molar-refractivity contribution < 1.29 is 14.6 Å². The molecule has 0 unspecified atom stereocenters. The molecule has 164 valence electrons. The van der Waals surface area contributed by atoms with Gasteiger partial charge in [-0.1, -0.05) is 35.6 Å². The van der Waals surface area contributed by atoms with Crippen LogP contribution in [0.3, 0.4) is 0 Å². The van der Waals surface area contributed by atoms with Crippen molar-refractivity contribution in [2.45, 2.75) is 31.7 Å². The molecule has 1 N–H and O–H groups in total. The highest BCUT2D eigenvalue weighted by Crippen LogP contribution is 2.31. The predicted molar refractivity (Wildman–Crippen MR) is 124 cm³/mol. The second-order valence-electron chi connectivity index (χ2n) is 8.16. The Morgan fingerprint density at radius 2 is 1.90 bits per heavy atom. The van der Waals surface area contributed by atoms with Gasteiger partial charge in [-0.3, -0.25) is 9.69 Å². The number of aliphatic carboxylic acids is 1. The molecule has 0 radical (unpaired) electrons. The molecular formula is C24H29N3O3S. The van der Waals surface area contributed by atoms with Gasteiger partial charge in [0.25, 0.3) is 5.19 Å². The minimum atomic E-state index is -0.728. The van der Waals surface area contributed by atoms with Crippen molar-refractivity contribution in [1.82, 2.24) is 14.8 Å². The fourth-order valence-corrected chi connectivity index (χ4v) is 4.90. The van der Waals surface area contributed by atoms with Crippen molar-refractivity contribution in [3.63, 3.8) is 0 Å². The largest absolute Gasteiger partial charge is 0.481 e. The SMILES string of the molecule is CN1CCC(N(CCC(=O)O)CCc2ccc(Oc3nc4ccccc4s3)cc2)CC1. The zero-order valence-electron chi connectivity index (χ0n) is 17.9. The molecule has 1 saturated heterocycles. The quantitative estimate of drug-likeness (QED) is 0.529. The maximum Gasteiger partial charge on any atom is 0.304 e. The molecule has 0 saturated carbocycles. The third kappa shape index (κ3) is 6.03. The molecule has 0 spiro atoms. The van der Waals surface area contributed by atoms with Gasteiger partial charge in [0, 0.05) is 19.1 Å². The fourth-order valence-electron chi connectivity index (χ4n) is 4.07. The lowest BCUT2D eigenvalue weighted by Crippen LogP contribution is -2.45. The second kappa shape index (κ2) is 10.2. The molecule has 1 aromatic heterocycles. The van der Waals surface area contributed by atoms with Gasteiger partial charge in [0.2, 0.25) is 0 Å². The van der Waals surface area contributed by atoms with Gasteiger partial charge in [-0.25, -0.2) is 4.98 Å². The maximum absolute atomic E-state index is 11.1. The van der Waals surface area contributed by atoms with Crippen molar-refractivity contribution in [2.75, 3.05) is 33.2 Å². The summed E-state index contributed by atoms with van der Waals surface area (Å²) in [7, 11) is 2.15. The molecule has 2 heterocycles. The molecule has 0 aliphatic carbocycles. The average molecular weight is 440 g/mol. The lowest BCUT2D eigenvalue weighted by molar-refractivity contribution is -0.137. The van der Waals surface area contributed by atoms with E-state index in [0.717, 1.165) is 54.9 Å². The van der Waals surface area contributed by atoms with Gasteiger partial charge in [-0.2, -0.15) is 0 Å². The zero-order valence-corrected chi connectivity index (χ0v) is 18.7. The van der Waals surface area contributed by atoms with Crippen LogP contribution in [-0.2, 0) is 11.2 Å². The molecular weight excluding hydrogens is 410 g/mol. The number of carboxylic acid groups (broad SMARTS) is 1. The maximum atomic E-state index is 11.1. The molecule has 0 amide bonds. The number of carboxylic acids is 1. The van der Waals surface area contributed by atoms with Crippen molar-refractivity contribution in [3.05, 3.63) is 54.1 Å². The van der Waals surface area contributed by atoms with E-state index in [1.807, 2.05) is 36.4 Å². The van der Waals surface area contributed by atoms with E-state index in [-0.39, 0.29) is 6.42 Å². The monoisotopic (exact) mass is 439 g/mol. The van der Waals surface area contributed by atoms with Crippen LogP contribution in [0.5, 0.6) is 10.9 Å². The molecule has 4 rings (SSSR count). The number of rotatable bonds is 9. The molecule has 7 heteroatoms. The highest BCUT2D eigenvalue weighted by Gasteiger charge is 2.23. The summed E-state index contributed by atoms with van der Waals surface area (Å²) < 4.78 is 7.06. The normalized spacial score (nSPS) is 15.5. The second-order valence-corrected chi connectivity index (χ2v) is 9.15. The summed E-state index contributed by atoms with van der Waals surface area (Å²) in [5, 5.41) is 9.78. The van der Waals surface area contributed by atoms with E-state index < -0.39 is 5.97 Å². The fraction of sp³-hybridized carbons (Fsp3) is 0.417. The third-order valence-electron chi connectivity index (χ3n) is 5.91. The van der Waals surface area contributed by atoms with Crippen LogP contribution >= 0.6 is 11.3 Å². The number of thiazole rings is 1. The highest BCUT2D eigenvalue weighted by molar-refractivity contribution is 7.20. The van der Waals surface area contributed by atoms with Gasteiger partial charge in [0.1, 0.15) is 5.75 Å².